The van der Waals surface area contributed by atoms with Crippen LogP contribution in [0.4, 0.5) is 13.2 Å². The molecule has 14 heteroatoms. The lowest BCUT2D eigenvalue weighted by atomic mass is 9.95. The number of carboxylic acid groups (broad SMARTS) is 1. The lowest BCUT2D eigenvalue weighted by molar-refractivity contribution is -0.142. The van der Waals surface area contributed by atoms with Crippen LogP contribution in [0.1, 0.15) is 30.0 Å². The molecule has 2 fully saturated rings. The largest absolute Gasteiger partial charge is 0.481 e. The van der Waals surface area contributed by atoms with Crippen LogP contribution in [0.2, 0.25) is 5.02 Å². The number of likely N-dealkylation sites (tertiary alicyclic amines) is 2. The highest BCUT2D eigenvalue weighted by Gasteiger charge is 2.59. The van der Waals surface area contributed by atoms with E-state index in [1.807, 2.05) is 0 Å². The number of methoxy groups -OCH3 is 1. The molecule has 0 aliphatic carbocycles. The highest BCUT2D eigenvalue weighted by Crippen LogP contribution is 2.43. The Morgan fingerprint density at radius 2 is 2.12 bits per heavy atom. The van der Waals surface area contributed by atoms with Gasteiger partial charge in [-0.25, -0.2) is 22.9 Å². The Balaban J connectivity index is 1.53. The lowest BCUT2D eigenvalue weighted by Crippen LogP contribution is -2.47. The van der Waals surface area contributed by atoms with Crippen LogP contribution in [0.15, 0.2) is 46.0 Å². The average molecular weight is 598 g/mol. The number of aliphatic carboxylic acids is 1. The molecule has 4 atom stereocenters. The average Bonchev–Trinajstić information content (AvgIpc) is 3.63. The number of hydrogen-bond donors (Lipinski definition) is 2. The Kier molecular flexibility index (Phi) is 7.92. The number of halogens is 4. The fourth-order valence-electron chi connectivity index (χ4n) is 5.73. The fourth-order valence-corrected chi connectivity index (χ4v) is 6.59. The van der Waals surface area contributed by atoms with E-state index in [1.165, 1.54) is 37.5 Å². The maximum absolute atomic E-state index is 15.4. The number of nitrogens with zero attached hydrogens (tertiary/aromatic N) is 4. The summed E-state index contributed by atoms with van der Waals surface area (Å²) in [6.07, 6.45) is 1.99. The predicted octanol–water partition coefficient (Wildman–Crippen LogP) is 3.57. The molecule has 0 unspecified atom stereocenters. The number of hydrogen-bond acceptors (Lipinski definition) is 9. The highest BCUT2D eigenvalue weighted by molar-refractivity contribution is 7.11. The molecule has 2 N–H and O–H groups in total. The monoisotopic (exact) mass is 597 g/mol. The predicted molar refractivity (Wildman–Crippen MR) is 142 cm³/mol. The standard InChI is InChI=1S/C26H27ClF3N5O4S/c1-13(24(36)37)10-34-7-5-18-21(34)26(29,30)12-35(18)11-17-19(25(38)39-2)20(15-4-3-14(28)9-16(15)27)33-22(32-17)23-31-6-8-40-23/h3-4,6,8-9,13,18,20-21H,5,7,10-12H2,1-2H3,(H,32,33)(H,36,37)/t13-,18+,20+,21-/m1/s1. The number of rotatable bonds is 8. The minimum absolute atomic E-state index is 0.0142. The summed E-state index contributed by atoms with van der Waals surface area (Å²) in [5, 5.41) is 14.7. The minimum atomic E-state index is -3.11. The molecule has 4 heterocycles. The smallest absolute Gasteiger partial charge is 0.338 e. The summed E-state index contributed by atoms with van der Waals surface area (Å²) in [4.78, 5) is 36.7. The highest BCUT2D eigenvalue weighted by atomic mass is 35.5. The molecule has 0 amide bonds. The van der Waals surface area contributed by atoms with Gasteiger partial charge < -0.3 is 15.2 Å². The van der Waals surface area contributed by atoms with Gasteiger partial charge in [0.15, 0.2) is 10.8 Å². The number of ether oxygens (including phenoxy) is 1. The molecule has 40 heavy (non-hydrogen) atoms. The minimum Gasteiger partial charge on any atom is -0.481 e. The van der Waals surface area contributed by atoms with Crippen molar-refractivity contribution >= 4 is 40.7 Å². The Hall–Kier alpha value is -3.00. The van der Waals surface area contributed by atoms with Crippen molar-refractivity contribution in [2.45, 2.75) is 37.4 Å². The zero-order valence-electron chi connectivity index (χ0n) is 21.6. The lowest BCUT2D eigenvalue weighted by Gasteiger charge is -2.31. The summed E-state index contributed by atoms with van der Waals surface area (Å²) in [5.41, 5.74) is 0.708. The number of aromatic nitrogens is 1. The van der Waals surface area contributed by atoms with E-state index in [-0.39, 0.29) is 23.7 Å². The zero-order chi connectivity index (χ0) is 28.8. The Labute approximate surface area is 237 Å². The molecule has 0 bridgehead atoms. The van der Waals surface area contributed by atoms with Gasteiger partial charge in [0.05, 0.1) is 31.2 Å². The van der Waals surface area contributed by atoms with Crippen molar-refractivity contribution in [2.24, 2.45) is 10.9 Å². The molecule has 9 nitrogen and oxygen atoms in total. The number of carboxylic acids is 1. The van der Waals surface area contributed by atoms with Gasteiger partial charge in [0.25, 0.3) is 5.92 Å². The maximum Gasteiger partial charge on any atom is 0.338 e. The summed E-state index contributed by atoms with van der Waals surface area (Å²) in [5.74, 6) is -5.93. The van der Waals surface area contributed by atoms with Gasteiger partial charge in [-0.2, -0.15) is 0 Å². The quantitative estimate of drug-likeness (QED) is 0.445. The number of nitrogens with one attached hydrogen (secondary N) is 1. The molecule has 1 aromatic heterocycles. The van der Waals surface area contributed by atoms with E-state index in [2.05, 4.69) is 15.3 Å². The molecule has 0 spiro atoms. The Bertz CT molecular complexity index is 1370. The van der Waals surface area contributed by atoms with Gasteiger partial charge in [0.1, 0.15) is 11.9 Å². The van der Waals surface area contributed by atoms with Crippen LogP contribution >= 0.6 is 22.9 Å². The topological polar surface area (TPSA) is 107 Å². The number of thiazole rings is 1. The van der Waals surface area contributed by atoms with Crippen LogP contribution in [0.3, 0.4) is 0 Å². The van der Waals surface area contributed by atoms with E-state index >= 15 is 8.78 Å². The van der Waals surface area contributed by atoms with Crippen LogP contribution in [-0.4, -0.2) is 89.0 Å². The first-order chi connectivity index (χ1) is 19.0. The molecule has 5 rings (SSSR count). The molecular formula is C26H27ClF3N5O4S. The van der Waals surface area contributed by atoms with Gasteiger partial charge in [-0.1, -0.05) is 24.6 Å². The van der Waals surface area contributed by atoms with E-state index in [4.69, 9.17) is 16.3 Å². The molecule has 3 aliphatic rings. The van der Waals surface area contributed by atoms with Crippen LogP contribution in [-0.2, 0) is 14.3 Å². The van der Waals surface area contributed by atoms with Crippen molar-refractivity contribution in [3.8, 4) is 0 Å². The van der Waals surface area contributed by atoms with Gasteiger partial charge in [-0.15, -0.1) is 11.3 Å². The second-order valence-electron chi connectivity index (χ2n) is 10.1. The van der Waals surface area contributed by atoms with E-state index in [1.54, 1.807) is 21.4 Å². The van der Waals surface area contributed by atoms with Crippen molar-refractivity contribution in [3.63, 3.8) is 0 Å². The molecule has 0 saturated carbocycles. The second kappa shape index (κ2) is 11.1. The van der Waals surface area contributed by atoms with Crippen LogP contribution in [0.5, 0.6) is 0 Å². The van der Waals surface area contributed by atoms with Gasteiger partial charge in [-0.3, -0.25) is 19.6 Å². The second-order valence-corrected chi connectivity index (χ2v) is 11.4. The van der Waals surface area contributed by atoms with E-state index < -0.39 is 54.3 Å². The van der Waals surface area contributed by atoms with Crippen molar-refractivity contribution in [3.05, 3.63) is 62.5 Å². The number of carbonyl (C=O) groups is 2. The van der Waals surface area contributed by atoms with Crippen molar-refractivity contribution < 1.29 is 32.6 Å². The summed E-state index contributed by atoms with van der Waals surface area (Å²) in [6.45, 7) is 1.20. The van der Waals surface area contributed by atoms with Crippen molar-refractivity contribution in [2.75, 3.05) is 33.3 Å². The van der Waals surface area contributed by atoms with E-state index in [9.17, 15) is 19.1 Å². The zero-order valence-corrected chi connectivity index (χ0v) is 23.2. The molecular weight excluding hydrogens is 571 g/mol. The van der Waals surface area contributed by atoms with Gasteiger partial charge in [0, 0.05) is 53.5 Å². The van der Waals surface area contributed by atoms with Gasteiger partial charge in [0.2, 0.25) is 0 Å². The molecule has 1 aromatic carbocycles. The fraction of sp³-hybridized carbons (Fsp3) is 0.462. The third-order valence-electron chi connectivity index (χ3n) is 7.50. The Morgan fingerprint density at radius 1 is 1.35 bits per heavy atom. The SMILES string of the molecule is COC(=O)C1=C(CN2CC(F)(F)[C@H]3[C@@H]2CCN3C[C@@H](C)C(=O)O)NC(c2nccs2)=N[C@H]1c1ccc(F)cc1Cl. The molecule has 214 valence electrons. The number of amidine groups is 1. The number of esters is 1. The van der Waals surface area contributed by atoms with Gasteiger partial charge >= 0.3 is 11.9 Å². The number of carbonyl (C=O) groups excluding carboxylic acids is 1. The van der Waals surface area contributed by atoms with Crippen molar-refractivity contribution in [1.82, 2.24) is 20.1 Å². The van der Waals surface area contributed by atoms with E-state index in [0.29, 0.717) is 35.1 Å². The summed E-state index contributed by atoms with van der Waals surface area (Å²) in [6, 6.07) is 1.01. The first-order valence-electron chi connectivity index (χ1n) is 12.6. The number of benzene rings is 1. The first-order valence-corrected chi connectivity index (χ1v) is 13.9. The maximum atomic E-state index is 15.4. The first kappa shape index (κ1) is 28.5. The molecule has 2 saturated heterocycles. The summed E-state index contributed by atoms with van der Waals surface area (Å²) in [7, 11) is 1.20. The summed E-state index contributed by atoms with van der Waals surface area (Å²) < 4.78 is 49.8. The van der Waals surface area contributed by atoms with Gasteiger partial charge in [-0.05, 0) is 18.6 Å². The number of fused-ring (bicyclic) bond motifs is 1. The third kappa shape index (κ3) is 5.35. The number of aliphatic imine (C=N–C) groups is 1. The molecule has 3 aliphatic heterocycles. The normalized spacial score (nSPS) is 25.4. The number of alkyl halides is 2. The molecule has 0 radical (unpaired) electrons. The Morgan fingerprint density at radius 3 is 2.77 bits per heavy atom. The van der Waals surface area contributed by atoms with Crippen molar-refractivity contribution in [1.29, 1.82) is 0 Å². The van der Waals surface area contributed by atoms with Crippen LogP contribution < -0.4 is 5.32 Å². The van der Waals surface area contributed by atoms with Crippen LogP contribution in [0.25, 0.3) is 0 Å². The summed E-state index contributed by atoms with van der Waals surface area (Å²) >= 11 is 7.68. The third-order valence-corrected chi connectivity index (χ3v) is 8.61. The molecule has 2 aromatic rings. The van der Waals surface area contributed by atoms with E-state index in [0.717, 1.165) is 6.07 Å². The van der Waals surface area contributed by atoms with Crippen LogP contribution in [0, 0.1) is 11.7 Å².